The lowest BCUT2D eigenvalue weighted by atomic mass is 9.84. The number of hydrogen-bond acceptors (Lipinski definition) is 4. The molecule has 27 heavy (non-hydrogen) atoms. The van der Waals surface area contributed by atoms with E-state index < -0.39 is 0 Å². The van der Waals surface area contributed by atoms with Crippen LogP contribution >= 0.6 is 0 Å². The zero-order chi connectivity index (χ0) is 18.2. The van der Waals surface area contributed by atoms with E-state index >= 15 is 0 Å². The van der Waals surface area contributed by atoms with Gasteiger partial charge in [-0.15, -0.1) is 0 Å². The molecule has 0 aromatic heterocycles. The maximum absolute atomic E-state index is 5.79. The molecule has 1 fully saturated rings. The maximum Gasteiger partial charge on any atom is 0.161 e. The summed E-state index contributed by atoms with van der Waals surface area (Å²) in [5, 5.41) is 0. The number of rotatable bonds is 2. The first-order valence-electron chi connectivity index (χ1n) is 10.2. The van der Waals surface area contributed by atoms with Crippen molar-refractivity contribution >= 4 is 0 Å². The van der Waals surface area contributed by atoms with Gasteiger partial charge in [-0.05, 0) is 66.8 Å². The van der Waals surface area contributed by atoms with Gasteiger partial charge in [0.2, 0.25) is 0 Å². The molecule has 0 amide bonds. The minimum Gasteiger partial charge on any atom is -0.486 e. The van der Waals surface area contributed by atoms with Gasteiger partial charge in [-0.3, -0.25) is 4.90 Å². The number of hydrogen-bond donors (Lipinski definition) is 0. The van der Waals surface area contributed by atoms with Crippen molar-refractivity contribution in [3.8, 4) is 22.6 Å². The van der Waals surface area contributed by atoms with Crippen LogP contribution in [-0.2, 0) is 6.42 Å². The van der Waals surface area contributed by atoms with Gasteiger partial charge >= 0.3 is 0 Å². The molecule has 0 N–H and O–H groups in total. The molecular formula is C23H28N2O2. The molecule has 1 atom stereocenters. The summed E-state index contributed by atoms with van der Waals surface area (Å²) >= 11 is 0. The number of piperazine rings is 1. The lowest BCUT2D eigenvalue weighted by molar-refractivity contribution is 0.102. The molecule has 0 saturated carbocycles. The van der Waals surface area contributed by atoms with E-state index in [1.165, 1.54) is 67.7 Å². The Morgan fingerprint density at radius 1 is 0.852 bits per heavy atom. The minimum absolute atomic E-state index is 0.569. The van der Waals surface area contributed by atoms with Gasteiger partial charge < -0.3 is 14.4 Å². The van der Waals surface area contributed by atoms with Gasteiger partial charge in [-0.1, -0.05) is 18.2 Å². The van der Waals surface area contributed by atoms with E-state index in [0.717, 1.165) is 11.5 Å². The van der Waals surface area contributed by atoms with E-state index in [-0.39, 0.29) is 0 Å². The van der Waals surface area contributed by atoms with E-state index in [1.54, 1.807) is 0 Å². The van der Waals surface area contributed by atoms with Crippen LogP contribution in [0.25, 0.3) is 11.1 Å². The summed E-state index contributed by atoms with van der Waals surface area (Å²) < 4.78 is 11.5. The maximum atomic E-state index is 5.79. The van der Waals surface area contributed by atoms with Gasteiger partial charge in [0.25, 0.3) is 0 Å². The summed E-state index contributed by atoms with van der Waals surface area (Å²) in [4.78, 5) is 5.14. The van der Waals surface area contributed by atoms with Gasteiger partial charge in [0.05, 0.1) is 0 Å². The molecule has 0 spiro atoms. The van der Waals surface area contributed by atoms with Crippen LogP contribution in [0.2, 0.25) is 0 Å². The largest absolute Gasteiger partial charge is 0.486 e. The quantitative estimate of drug-likeness (QED) is 0.810. The molecule has 0 bridgehead atoms. The summed E-state index contributed by atoms with van der Waals surface area (Å²) in [6, 6.07) is 14.0. The Kier molecular flexibility index (Phi) is 4.54. The van der Waals surface area contributed by atoms with Gasteiger partial charge in [0, 0.05) is 32.2 Å². The smallest absolute Gasteiger partial charge is 0.161 e. The van der Waals surface area contributed by atoms with E-state index in [1.807, 2.05) is 6.07 Å². The van der Waals surface area contributed by atoms with E-state index in [9.17, 15) is 0 Å². The Morgan fingerprint density at radius 3 is 2.44 bits per heavy atom. The molecule has 4 heteroatoms. The first-order chi connectivity index (χ1) is 13.3. The fraction of sp³-hybridized carbons (Fsp3) is 0.478. The Bertz CT molecular complexity index is 827. The molecule has 1 unspecified atom stereocenters. The van der Waals surface area contributed by atoms with Crippen molar-refractivity contribution in [2.45, 2.75) is 25.3 Å². The second kappa shape index (κ2) is 7.17. The van der Waals surface area contributed by atoms with Crippen LogP contribution in [0.4, 0.5) is 0 Å². The molecule has 1 aliphatic carbocycles. The predicted octanol–water partition coefficient (Wildman–Crippen LogP) is 3.75. The second-order valence-electron chi connectivity index (χ2n) is 8.02. The van der Waals surface area contributed by atoms with E-state index in [0.29, 0.717) is 19.3 Å². The molecular weight excluding hydrogens is 336 g/mol. The normalized spacial score (nSPS) is 23.1. The zero-order valence-corrected chi connectivity index (χ0v) is 16.1. The lowest BCUT2D eigenvalue weighted by Gasteiger charge is -2.40. The Morgan fingerprint density at radius 2 is 1.59 bits per heavy atom. The predicted molar refractivity (Wildman–Crippen MR) is 108 cm³/mol. The van der Waals surface area contributed by atoms with Crippen molar-refractivity contribution in [3.63, 3.8) is 0 Å². The molecule has 142 valence electrons. The van der Waals surface area contributed by atoms with Crippen LogP contribution in [0.3, 0.4) is 0 Å². The van der Waals surface area contributed by atoms with Crippen LogP contribution in [0, 0.1) is 0 Å². The lowest BCUT2D eigenvalue weighted by Crippen LogP contribution is -2.46. The standard InChI is InChI=1S/C23H28N2O2/c1-24-9-11-25(12-10-24)21-4-2-3-17-5-6-18(15-20(17)21)19-7-8-22-23(16-19)27-14-13-26-22/h5-8,15-16,21H,2-4,9-14H2,1H3. The van der Waals surface area contributed by atoms with Gasteiger partial charge in [0.15, 0.2) is 11.5 Å². The highest BCUT2D eigenvalue weighted by molar-refractivity contribution is 5.69. The number of nitrogens with zero attached hydrogens (tertiary/aromatic N) is 2. The molecule has 0 radical (unpaired) electrons. The summed E-state index contributed by atoms with van der Waals surface area (Å²) in [5.74, 6) is 1.73. The van der Waals surface area contributed by atoms with Gasteiger partial charge in [-0.2, -0.15) is 0 Å². The summed E-state index contributed by atoms with van der Waals surface area (Å²) in [7, 11) is 2.23. The number of fused-ring (bicyclic) bond motifs is 2. The van der Waals surface area contributed by atoms with Crippen molar-refractivity contribution in [1.29, 1.82) is 0 Å². The fourth-order valence-corrected chi connectivity index (χ4v) is 4.69. The number of likely N-dealkylation sites (N-methyl/N-ethyl adjacent to an activating group) is 1. The molecule has 5 rings (SSSR count). The third kappa shape index (κ3) is 3.32. The Balaban J connectivity index is 1.47. The first-order valence-corrected chi connectivity index (χ1v) is 10.2. The summed E-state index contributed by atoms with van der Waals surface area (Å²) in [5.41, 5.74) is 5.57. The molecule has 2 heterocycles. The van der Waals surface area contributed by atoms with Crippen molar-refractivity contribution in [1.82, 2.24) is 9.80 Å². The fourth-order valence-electron chi connectivity index (χ4n) is 4.69. The third-order valence-corrected chi connectivity index (χ3v) is 6.28. The first kappa shape index (κ1) is 17.1. The molecule has 4 nitrogen and oxygen atoms in total. The number of aryl methyl sites for hydroxylation is 1. The Hall–Kier alpha value is -2.04. The van der Waals surface area contributed by atoms with Crippen molar-refractivity contribution in [2.75, 3.05) is 46.4 Å². The summed E-state index contributed by atoms with van der Waals surface area (Å²) in [6.45, 7) is 5.97. The highest BCUT2D eigenvalue weighted by Gasteiger charge is 2.28. The highest BCUT2D eigenvalue weighted by atomic mass is 16.6. The highest BCUT2D eigenvalue weighted by Crippen LogP contribution is 2.39. The van der Waals surface area contributed by atoms with Gasteiger partial charge in [0.1, 0.15) is 13.2 Å². The van der Waals surface area contributed by atoms with E-state index in [4.69, 9.17) is 9.47 Å². The Labute approximate surface area is 161 Å². The topological polar surface area (TPSA) is 24.9 Å². The van der Waals surface area contributed by atoms with Crippen LogP contribution in [-0.4, -0.2) is 56.2 Å². The molecule has 1 saturated heterocycles. The van der Waals surface area contributed by atoms with Crippen LogP contribution in [0.1, 0.15) is 30.0 Å². The SMILES string of the molecule is CN1CCN(C2CCCc3ccc(-c4ccc5c(c4)OCCO5)cc32)CC1. The van der Waals surface area contributed by atoms with Crippen molar-refractivity contribution < 1.29 is 9.47 Å². The molecule has 2 aromatic carbocycles. The van der Waals surface area contributed by atoms with Crippen molar-refractivity contribution in [2.24, 2.45) is 0 Å². The zero-order valence-electron chi connectivity index (χ0n) is 16.1. The second-order valence-corrected chi connectivity index (χ2v) is 8.02. The van der Waals surface area contributed by atoms with Crippen molar-refractivity contribution in [3.05, 3.63) is 47.5 Å². The van der Waals surface area contributed by atoms with Crippen LogP contribution in [0.15, 0.2) is 36.4 Å². The van der Waals surface area contributed by atoms with Crippen LogP contribution in [0.5, 0.6) is 11.5 Å². The average Bonchev–Trinajstić information content (AvgIpc) is 2.73. The number of ether oxygens (including phenoxy) is 2. The minimum atomic E-state index is 0.569. The summed E-state index contributed by atoms with van der Waals surface area (Å²) in [6.07, 6.45) is 3.79. The van der Waals surface area contributed by atoms with E-state index in [2.05, 4.69) is 47.2 Å². The van der Waals surface area contributed by atoms with Gasteiger partial charge in [-0.25, -0.2) is 0 Å². The molecule has 3 aliphatic rings. The number of benzene rings is 2. The molecule has 2 aromatic rings. The monoisotopic (exact) mass is 364 g/mol. The average molecular weight is 364 g/mol. The van der Waals surface area contributed by atoms with Crippen LogP contribution < -0.4 is 9.47 Å². The third-order valence-electron chi connectivity index (χ3n) is 6.28. The molecule has 2 aliphatic heterocycles.